The average molecular weight is 295 g/mol. The summed E-state index contributed by atoms with van der Waals surface area (Å²) in [5.41, 5.74) is 2.91. The molecule has 0 saturated carbocycles. The van der Waals surface area contributed by atoms with Crippen LogP contribution in [0.1, 0.15) is 18.2 Å². The molecule has 1 heterocycles. The first-order chi connectivity index (χ1) is 8.20. The van der Waals surface area contributed by atoms with E-state index in [1.54, 1.807) is 4.68 Å². The van der Waals surface area contributed by atoms with Crippen molar-refractivity contribution in [1.82, 2.24) is 9.36 Å². The van der Waals surface area contributed by atoms with Crippen molar-refractivity contribution in [1.29, 1.82) is 0 Å². The zero-order chi connectivity index (χ0) is 12.4. The van der Waals surface area contributed by atoms with Crippen LogP contribution in [0.5, 0.6) is 0 Å². The second kappa shape index (κ2) is 4.92. The summed E-state index contributed by atoms with van der Waals surface area (Å²) in [5, 5.41) is 0.696. The van der Waals surface area contributed by atoms with Crippen LogP contribution in [0.4, 0.5) is 0 Å². The van der Waals surface area contributed by atoms with E-state index in [1.165, 1.54) is 0 Å². The largest absolute Gasteiger partial charge is 0.284 e. The number of hydrogen-bond donors (Lipinski definition) is 0. The molecule has 4 heteroatoms. The minimum atomic E-state index is 0.0793. The highest BCUT2D eigenvalue weighted by Gasteiger charge is 2.16. The third-order valence-electron chi connectivity index (χ3n) is 2.97. The molecular formula is C13H15BrN2O. The lowest BCUT2D eigenvalue weighted by molar-refractivity contribution is 0.628. The first kappa shape index (κ1) is 12.2. The average Bonchev–Trinajstić information content (AvgIpc) is 2.60. The molecule has 1 aromatic carbocycles. The predicted molar refractivity (Wildman–Crippen MR) is 73.0 cm³/mol. The van der Waals surface area contributed by atoms with E-state index in [0.717, 1.165) is 23.4 Å². The smallest absolute Gasteiger partial charge is 0.274 e. The predicted octanol–water partition coefficient (Wildman–Crippen LogP) is 2.63. The maximum atomic E-state index is 12.3. The van der Waals surface area contributed by atoms with Gasteiger partial charge in [-0.15, -0.1) is 0 Å². The Morgan fingerprint density at radius 3 is 2.35 bits per heavy atom. The van der Waals surface area contributed by atoms with Crippen LogP contribution in [0.2, 0.25) is 0 Å². The molecular weight excluding hydrogens is 280 g/mol. The summed E-state index contributed by atoms with van der Waals surface area (Å²) in [4.78, 5) is 12.3. The molecule has 0 amide bonds. The van der Waals surface area contributed by atoms with E-state index < -0.39 is 0 Å². The number of hydrogen-bond acceptors (Lipinski definition) is 1. The Bertz CT molecular complexity index is 569. The molecule has 1 aromatic heterocycles. The van der Waals surface area contributed by atoms with Gasteiger partial charge in [0.25, 0.3) is 5.56 Å². The van der Waals surface area contributed by atoms with Gasteiger partial charge < -0.3 is 0 Å². The van der Waals surface area contributed by atoms with Gasteiger partial charge in [0.2, 0.25) is 0 Å². The van der Waals surface area contributed by atoms with Crippen LogP contribution in [0, 0.1) is 0 Å². The molecule has 90 valence electrons. The maximum absolute atomic E-state index is 12.3. The SMILES string of the molecule is CCc1c(CBr)n(C)n(-c2ccccc2)c1=O. The van der Waals surface area contributed by atoms with Gasteiger partial charge in [-0.1, -0.05) is 41.1 Å². The highest BCUT2D eigenvalue weighted by atomic mass is 79.9. The highest BCUT2D eigenvalue weighted by molar-refractivity contribution is 9.08. The van der Waals surface area contributed by atoms with E-state index in [2.05, 4.69) is 15.9 Å². The summed E-state index contributed by atoms with van der Waals surface area (Å²) in [6, 6.07) is 9.71. The molecule has 0 atom stereocenters. The van der Waals surface area contributed by atoms with E-state index in [0.29, 0.717) is 5.33 Å². The van der Waals surface area contributed by atoms with Crippen molar-refractivity contribution in [3.63, 3.8) is 0 Å². The van der Waals surface area contributed by atoms with Crippen molar-refractivity contribution in [2.24, 2.45) is 7.05 Å². The first-order valence-electron chi connectivity index (χ1n) is 5.61. The standard InChI is InChI=1S/C13H15BrN2O/c1-3-11-12(9-14)15(2)16(13(11)17)10-7-5-4-6-8-10/h4-8H,3,9H2,1-2H3. The summed E-state index contributed by atoms with van der Waals surface area (Å²) >= 11 is 3.45. The minimum absolute atomic E-state index is 0.0793. The zero-order valence-corrected chi connectivity index (χ0v) is 11.6. The maximum Gasteiger partial charge on any atom is 0.274 e. The summed E-state index contributed by atoms with van der Waals surface area (Å²) in [6.45, 7) is 2.01. The van der Waals surface area contributed by atoms with E-state index >= 15 is 0 Å². The highest BCUT2D eigenvalue weighted by Crippen LogP contribution is 2.13. The molecule has 0 saturated heterocycles. The van der Waals surface area contributed by atoms with Gasteiger partial charge >= 0.3 is 0 Å². The molecule has 0 aliphatic heterocycles. The molecule has 17 heavy (non-hydrogen) atoms. The first-order valence-corrected chi connectivity index (χ1v) is 6.74. The van der Waals surface area contributed by atoms with Gasteiger partial charge in [0, 0.05) is 17.9 Å². The number of rotatable bonds is 3. The van der Waals surface area contributed by atoms with Gasteiger partial charge in [-0.2, -0.15) is 0 Å². The summed E-state index contributed by atoms with van der Waals surface area (Å²) in [6.07, 6.45) is 0.757. The van der Waals surface area contributed by atoms with Crippen LogP contribution in [0.25, 0.3) is 5.69 Å². The Hall–Kier alpha value is -1.29. The lowest BCUT2D eigenvalue weighted by atomic mass is 10.2. The Kier molecular flexibility index (Phi) is 3.52. The Labute approximate surface area is 109 Å². The summed E-state index contributed by atoms with van der Waals surface area (Å²) in [7, 11) is 1.92. The number of alkyl halides is 1. The molecule has 0 spiro atoms. The minimum Gasteiger partial charge on any atom is -0.284 e. The third-order valence-corrected chi connectivity index (χ3v) is 3.50. The molecule has 0 bridgehead atoms. The fourth-order valence-electron chi connectivity index (χ4n) is 2.09. The van der Waals surface area contributed by atoms with E-state index in [-0.39, 0.29) is 5.56 Å². The van der Waals surface area contributed by atoms with Crippen LogP contribution in [0.3, 0.4) is 0 Å². The lowest BCUT2D eigenvalue weighted by Crippen LogP contribution is -2.20. The van der Waals surface area contributed by atoms with Gasteiger partial charge in [0.1, 0.15) is 0 Å². The van der Waals surface area contributed by atoms with Crippen LogP contribution in [-0.2, 0) is 18.8 Å². The van der Waals surface area contributed by atoms with Crippen molar-refractivity contribution < 1.29 is 0 Å². The zero-order valence-electron chi connectivity index (χ0n) is 9.98. The number of halogens is 1. The normalized spacial score (nSPS) is 10.8. The second-order valence-corrected chi connectivity index (χ2v) is 4.45. The second-order valence-electron chi connectivity index (χ2n) is 3.89. The molecule has 0 unspecified atom stereocenters. The number of aromatic nitrogens is 2. The van der Waals surface area contributed by atoms with E-state index in [4.69, 9.17) is 0 Å². The van der Waals surface area contributed by atoms with Gasteiger partial charge in [-0.25, -0.2) is 4.68 Å². The summed E-state index contributed by atoms with van der Waals surface area (Å²) in [5.74, 6) is 0. The van der Waals surface area contributed by atoms with Crippen LogP contribution < -0.4 is 5.56 Å². The van der Waals surface area contributed by atoms with Crippen LogP contribution >= 0.6 is 15.9 Å². The van der Waals surface area contributed by atoms with Crippen molar-refractivity contribution in [3.8, 4) is 5.69 Å². The number of nitrogens with zero attached hydrogens (tertiary/aromatic N) is 2. The molecule has 2 aromatic rings. The van der Waals surface area contributed by atoms with Crippen molar-refractivity contribution in [2.45, 2.75) is 18.7 Å². The lowest BCUT2D eigenvalue weighted by Gasteiger charge is -2.08. The van der Waals surface area contributed by atoms with E-state index in [1.807, 2.05) is 49.0 Å². The number of benzene rings is 1. The molecule has 3 nitrogen and oxygen atoms in total. The summed E-state index contributed by atoms with van der Waals surface area (Å²) < 4.78 is 3.64. The van der Waals surface area contributed by atoms with E-state index in [9.17, 15) is 4.79 Å². The van der Waals surface area contributed by atoms with Crippen molar-refractivity contribution in [3.05, 3.63) is 51.9 Å². The van der Waals surface area contributed by atoms with Gasteiger partial charge in [-0.3, -0.25) is 9.48 Å². The monoisotopic (exact) mass is 294 g/mol. The molecule has 2 rings (SSSR count). The number of para-hydroxylation sites is 1. The third kappa shape index (κ3) is 1.97. The Morgan fingerprint density at radius 2 is 1.88 bits per heavy atom. The van der Waals surface area contributed by atoms with Crippen LogP contribution in [-0.4, -0.2) is 9.36 Å². The molecule has 0 aliphatic rings. The molecule has 0 aliphatic carbocycles. The van der Waals surface area contributed by atoms with Gasteiger partial charge in [-0.05, 0) is 18.6 Å². The Morgan fingerprint density at radius 1 is 1.24 bits per heavy atom. The van der Waals surface area contributed by atoms with Crippen molar-refractivity contribution >= 4 is 15.9 Å². The van der Waals surface area contributed by atoms with Crippen molar-refractivity contribution in [2.75, 3.05) is 0 Å². The Balaban J connectivity index is 2.72. The molecule has 0 N–H and O–H groups in total. The fraction of sp³-hybridized carbons (Fsp3) is 0.308. The molecule has 0 radical (unpaired) electrons. The van der Waals surface area contributed by atoms with Gasteiger partial charge in [0.05, 0.1) is 11.4 Å². The molecule has 0 fully saturated rings. The van der Waals surface area contributed by atoms with Gasteiger partial charge in [0.15, 0.2) is 0 Å². The topological polar surface area (TPSA) is 26.9 Å². The van der Waals surface area contributed by atoms with Crippen LogP contribution in [0.15, 0.2) is 35.1 Å². The quantitative estimate of drug-likeness (QED) is 0.800. The fourth-order valence-corrected chi connectivity index (χ4v) is 2.79.